The molecule has 0 radical (unpaired) electrons. The molecule has 0 unspecified atom stereocenters. The molecule has 0 heterocycles. The first-order chi connectivity index (χ1) is 8.24. The Bertz CT molecular complexity index is 322. The molecule has 0 fully saturated rings. The number of rotatable bonds is 3. The molecule has 0 saturated heterocycles. The Kier molecular flexibility index (Phi) is 7.86. The number of benzene rings is 1. The number of hydrogen-bond acceptors (Lipinski definition) is 3. The van der Waals surface area contributed by atoms with Crippen molar-refractivity contribution in [2.45, 2.75) is 33.7 Å². The molecule has 0 aromatic heterocycles. The smallest absolute Gasteiger partial charge is 0.406 e. The van der Waals surface area contributed by atoms with E-state index in [2.05, 4.69) is 43.0 Å². The molecule has 18 heavy (non-hydrogen) atoms. The van der Waals surface area contributed by atoms with Crippen molar-refractivity contribution in [2.75, 3.05) is 0 Å². The molecule has 0 atom stereocenters. The van der Waals surface area contributed by atoms with Crippen LogP contribution in [0.5, 0.6) is 5.75 Å². The lowest BCUT2D eigenvalue weighted by Crippen LogP contribution is -2.17. The number of nitrogens with one attached hydrogen (secondary N) is 1. The van der Waals surface area contributed by atoms with Gasteiger partial charge in [-0.3, -0.25) is 4.72 Å². The van der Waals surface area contributed by atoms with Gasteiger partial charge in [-0.05, 0) is 23.6 Å². The largest absolute Gasteiger partial charge is 0.573 e. The van der Waals surface area contributed by atoms with Crippen LogP contribution in [0.3, 0.4) is 0 Å². The monoisotopic (exact) mass is 281 g/mol. The first-order valence-electron chi connectivity index (χ1n) is 5.46. The second-order valence-corrected chi connectivity index (χ2v) is 4.57. The Morgan fingerprint density at radius 3 is 1.94 bits per heavy atom. The number of thiol groups is 1. The number of hydrogen-bond donors (Lipinski definition) is 2. The third kappa shape index (κ3) is 10.3. The molecule has 6 heteroatoms. The fourth-order valence-corrected chi connectivity index (χ4v) is 1.08. The minimum Gasteiger partial charge on any atom is -0.406 e. The van der Waals surface area contributed by atoms with Crippen molar-refractivity contribution >= 4 is 12.8 Å². The van der Waals surface area contributed by atoms with Gasteiger partial charge in [-0.1, -0.05) is 45.7 Å². The van der Waals surface area contributed by atoms with E-state index < -0.39 is 6.36 Å². The van der Waals surface area contributed by atoms with E-state index in [1.165, 1.54) is 24.3 Å². The summed E-state index contributed by atoms with van der Waals surface area (Å²) < 4.78 is 41.5. The Morgan fingerprint density at radius 2 is 1.61 bits per heavy atom. The Balaban J connectivity index is 0.000000631. The fourth-order valence-electron chi connectivity index (χ4n) is 0.900. The van der Waals surface area contributed by atoms with Crippen molar-refractivity contribution in [3.05, 3.63) is 29.8 Å². The summed E-state index contributed by atoms with van der Waals surface area (Å²) in [6.07, 6.45) is -4.64. The van der Waals surface area contributed by atoms with Crippen LogP contribution in [0.15, 0.2) is 24.3 Å². The van der Waals surface area contributed by atoms with E-state index in [9.17, 15) is 13.2 Å². The molecular weight excluding hydrogens is 263 g/mol. The van der Waals surface area contributed by atoms with E-state index in [4.69, 9.17) is 0 Å². The minimum absolute atomic E-state index is 0.222. The molecule has 104 valence electrons. The Hall–Kier alpha value is -0.880. The van der Waals surface area contributed by atoms with Gasteiger partial charge in [0.25, 0.3) is 0 Å². The van der Waals surface area contributed by atoms with Gasteiger partial charge in [-0.25, -0.2) is 0 Å². The Labute approximate surface area is 111 Å². The molecule has 0 aliphatic heterocycles. The lowest BCUT2D eigenvalue weighted by molar-refractivity contribution is -0.274. The second kappa shape index (κ2) is 8.26. The van der Waals surface area contributed by atoms with Gasteiger partial charge in [0.05, 0.1) is 0 Å². The van der Waals surface area contributed by atoms with Gasteiger partial charge in [-0.15, -0.1) is 13.2 Å². The summed E-state index contributed by atoms with van der Waals surface area (Å²) in [7, 11) is 0. The van der Waals surface area contributed by atoms with E-state index in [-0.39, 0.29) is 5.75 Å². The molecule has 0 aliphatic carbocycles. The van der Waals surface area contributed by atoms with Crippen molar-refractivity contribution in [1.82, 2.24) is 4.72 Å². The lowest BCUT2D eigenvalue weighted by Gasteiger charge is -2.08. The van der Waals surface area contributed by atoms with E-state index in [0.29, 0.717) is 6.54 Å². The van der Waals surface area contributed by atoms with Crippen LogP contribution < -0.4 is 9.46 Å². The standard InChI is InChI=1S/C8H8F3NOS.C4H10/c9-8(10,11)13-7-3-1-6(2-4-7)5-12-14;1-4(2)3/h1-4,12,14H,5H2;4H,1-3H3. The quantitative estimate of drug-likeness (QED) is 0.811. The summed E-state index contributed by atoms with van der Waals surface area (Å²) in [5.74, 6) is 0.611. The maximum atomic E-state index is 11.7. The highest BCUT2D eigenvalue weighted by atomic mass is 32.1. The molecule has 0 saturated carbocycles. The predicted molar refractivity (Wildman–Crippen MR) is 69.5 cm³/mol. The van der Waals surface area contributed by atoms with Crippen LogP contribution in [0, 0.1) is 5.92 Å². The second-order valence-electron chi connectivity index (χ2n) is 4.26. The molecule has 1 aromatic rings. The van der Waals surface area contributed by atoms with E-state index in [1.54, 1.807) is 0 Å². The predicted octanol–water partition coefficient (Wildman–Crippen LogP) is 4.18. The third-order valence-electron chi connectivity index (χ3n) is 1.44. The first-order valence-corrected chi connectivity index (χ1v) is 5.91. The van der Waals surface area contributed by atoms with E-state index >= 15 is 0 Å². The highest BCUT2D eigenvalue weighted by Crippen LogP contribution is 2.22. The van der Waals surface area contributed by atoms with Gasteiger partial charge < -0.3 is 4.74 Å². The minimum atomic E-state index is -4.64. The fraction of sp³-hybridized carbons (Fsp3) is 0.500. The average molecular weight is 281 g/mol. The highest BCUT2D eigenvalue weighted by molar-refractivity contribution is 7.78. The summed E-state index contributed by atoms with van der Waals surface area (Å²) in [5.41, 5.74) is 0.828. The molecule has 0 spiro atoms. The molecule has 1 rings (SSSR count). The Morgan fingerprint density at radius 1 is 1.17 bits per heavy atom. The van der Waals surface area contributed by atoms with Gasteiger partial charge in [0, 0.05) is 6.54 Å². The molecule has 2 nitrogen and oxygen atoms in total. The zero-order valence-corrected chi connectivity index (χ0v) is 11.5. The van der Waals surface area contributed by atoms with Gasteiger partial charge in [0.2, 0.25) is 0 Å². The maximum absolute atomic E-state index is 11.7. The molecular formula is C12H18F3NOS. The van der Waals surface area contributed by atoms with Crippen molar-refractivity contribution in [1.29, 1.82) is 0 Å². The van der Waals surface area contributed by atoms with Gasteiger partial charge in [-0.2, -0.15) is 0 Å². The average Bonchev–Trinajstić information content (AvgIpc) is 2.18. The summed E-state index contributed by atoms with van der Waals surface area (Å²) in [6, 6.07) is 5.58. The SMILES string of the molecule is CC(C)C.FC(F)(F)Oc1ccc(CNS)cc1. The maximum Gasteiger partial charge on any atom is 0.573 e. The number of ether oxygens (including phenoxy) is 1. The van der Waals surface area contributed by atoms with Crippen LogP contribution in [0.1, 0.15) is 26.3 Å². The van der Waals surface area contributed by atoms with Crippen molar-refractivity contribution in [3.63, 3.8) is 0 Å². The van der Waals surface area contributed by atoms with Gasteiger partial charge >= 0.3 is 6.36 Å². The van der Waals surface area contributed by atoms with Crippen LogP contribution in [-0.4, -0.2) is 6.36 Å². The van der Waals surface area contributed by atoms with E-state index in [1.807, 2.05) is 0 Å². The van der Waals surface area contributed by atoms with Crippen LogP contribution in [0.25, 0.3) is 0 Å². The lowest BCUT2D eigenvalue weighted by atomic mass is 10.2. The molecule has 0 amide bonds. The molecule has 1 N–H and O–H groups in total. The molecule has 1 aromatic carbocycles. The van der Waals surface area contributed by atoms with Gasteiger partial charge in [0.15, 0.2) is 0 Å². The van der Waals surface area contributed by atoms with Crippen LogP contribution in [-0.2, 0) is 6.54 Å². The topological polar surface area (TPSA) is 21.3 Å². The van der Waals surface area contributed by atoms with E-state index in [0.717, 1.165) is 11.5 Å². The van der Waals surface area contributed by atoms with Crippen LogP contribution in [0.2, 0.25) is 0 Å². The van der Waals surface area contributed by atoms with Crippen molar-refractivity contribution < 1.29 is 17.9 Å². The summed E-state index contributed by atoms with van der Waals surface area (Å²) in [5, 5.41) is 0. The normalized spacial score (nSPS) is 10.9. The zero-order chi connectivity index (χ0) is 14.2. The molecule has 0 bridgehead atoms. The highest BCUT2D eigenvalue weighted by Gasteiger charge is 2.30. The molecule has 0 aliphatic rings. The van der Waals surface area contributed by atoms with Crippen molar-refractivity contribution in [2.24, 2.45) is 5.92 Å². The van der Waals surface area contributed by atoms with Crippen LogP contribution in [0.4, 0.5) is 13.2 Å². The summed E-state index contributed by atoms with van der Waals surface area (Å²) >= 11 is 3.77. The number of alkyl halides is 3. The summed E-state index contributed by atoms with van der Waals surface area (Å²) in [6.45, 7) is 6.98. The van der Waals surface area contributed by atoms with Gasteiger partial charge in [0.1, 0.15) is 5.75 Å². The first kappa shape index (κ1) is 17.1. The third-order valence-corrected chi connectivity index (χ3v) is 1.60. The summed E-state index contributed by atoms with van der Waals surface area (Å²) in [4.78, 5) is 0. The van der Waals surface area contributed by atoms with Crippen LogP contribution >= 0.6 is 12.8 Å². The van der Waals surface area contributed by atoms with Crippen molar-refractivity contribution in [3.8, 4) is 5.75 Å². The zero-order valence-electron chi connectivity index (χ0n) is 10.6. The number of halogens is 3.